The Balaban J connectivity index is 2.30. The van der Waals surface area contributed by atoms with Crippen LogP contribution >= 0.6 is 0 Å². The van der Waals surface area contributed by atoms with Gasteiger partial charge in [0, 0.05) is 11.8 Å². The molecule has 0 aliphatic carbocycles. The minimum Gasteiger partial charge on any atom is -0.454 e. The summed E-state index contributed by atoms with van der Waals surface area (Å²) in [5.74, 6) is -0.597. The van der Waals surface area contributed by atoms with E-state index in [0.29, 0.717) is 11.7 Å². The molecule has 110 valence electrons. The number of ether oxygens (including phenoxy) is 1. The first-order valence-corrected chi connectivity index (χ1v) is 6.55. The SMILES string of the molecule is CC(C)c1ccc(Oc2cc(C(N)=O)c(N)cc2F)cc1. The lowest BCUT2D eigenvalue weighted by Crippen LogP contribution is -2.14. The van der Waals surface area contributed by atoms with Gasteiger partial charge >= 0.3 is 0 Å². The van der Waals surface area contributed by atoms with Crippen LogP contribution in [0.4, 0.5) is 10.1 Å². The molecule has 0 bridgehead atoms. The van der Waals surface area contributed by atoms with Crippen LogP contribution < -0.4 is 16.2 Å². The highest BCUT2D eigenvalue weighted by Crippen LogP contribution is 2.29. The van der Waals surface area contributed by atoms with Crippen LogP contribution in [0.15, 0.2) is 36.4 Å². The molecule has 1 amide bonds. The van der Waals surface area contributed by atoms with E-state index in [-0.39, 0.29) is 17.0 Å². The van der Waals surface area contributed by atoms with Crippen LogP contribution in [0.25, 0.3) is 0 Å². The molecule has 2 aromatic rings. The Morgan fingerprint density at radius 3 is 2.33 bits per heavy atom. The summed E-state index contributed by atoms with van der Waals surface area (Å²) in [4.78, 5) is 11.2. The van der Waals surface area contributed by atoms with Gasteiger partial charge < -0.3 is 16.2 Å². The van der Waals surface area contributed by atoms with Gasteiger partial charge in [0.25, 0.3) is 5.91 Å². The first-order valence-electron chi connectivity index (χ1n) is 6.55. The van der Waals surface area contributed by atoms with Crippen LogP contribution in [-0.2, 0) is 0 Å². The van der Waals surface area contributed by atoms with Crippen molar-refractivity contribution in [3.05, 3.63) is 53.3 Å². The number of halogens is 1. The maximum Gasteiger partial charge on any atom is 0.250 e. The van der Waals surface area contributed by atoms with E-state index in [0.717, 1.165) is 11.6 Å². The Morgan fingerprint density at radius 1 is 1.19 bits per heavy atom. The van der Waals surface area contributed by atoms with E-state index in [1.54, 1.807) is 12.1 Å². The third-order valence-corrected chi connectivity index (χ3v) is 3.14. The molecule has 0 spiro atoms. The number of anilines is 1. The molecule has 0 saturated carbocycles. The van der Waals surface area contributed by atoms with Crippen LogP contribution in [0.2, 0.25) is 0 Å². The molecule has 0 aromatic heterocycles. The zero-order chi connectivity index (χ0) is 15.6. The quantitative estimate of drug-likeness (QED) is 0.846. The maximum atomic E-state index is 13.8. The lowest BCUT2D eigenvalue weighted by atomic mass is 10.0. The van der Waals surface area contributed by atoms with E-state index >= 15 is 0 Å². The molecule has 5 heteroatoms. The van der Waals surface area contributed by atoms with E-state index in [1.165, 1.54) is 6.07 Å². The molecule has 0 fully saturated rings. The fraction of sp³-hybridized carbons (Fsp3) is 0.188. The molecule has 21 heavy (non-hydrogen) atoms. The van der Waals surface area contributed by atoms with Gasteiger partial charge in [-0.3, -0.25) is 4.79 Å². The van der Waals surface area contributed by atoms with Crippen molar-refractivity contribution in [1.29, 1.82) is 0 Å². The number of carbonyl (C=O) groups excluding carboxylic acids is 1. The highest BCUT2D eigenvalue weighted by molar-refractivity contribution is 5.98. The number of hydrogen-bond donors (Lipinski definition) is 2. The molecule has 2 rings (SSSR count). The van der Waals surface area contributed by atoms with Crippen molar-refractivity contribution in [2.75, 3.05) is 5.73 Å². The lowest BCUT2D eigenvalue weighted by molar-refractivity contribution is 0.100. The van der Waals surface area contributed by atoms with Gasteiger partial charge in [-0.1, -0.05) is 26.0 Å². The predicted molar refractivity (Wildman–Crippen MR) is 79.9 cm³/mol. The number of carbonyl (C=O) groups is 1. The van der Waals surface area contributed by atoms with Crippen LogP contribution in [0, 0.1) is 5.82 Å². The van der Waals surface area contributed by atoms with Gasteiger partial charge in [0.15, 0.2) is 11.6 Å². The smallest absolute Gasteiger partial charge is 0.250 e. The van der Waals surface area contributed by atoms with Crippen molar-refractivity contribution in [2.45, 2.75) is 19.8 Å². The molecule has 4 nitrogen and oxygen atoms in total. The van der Waals surface area contributed by atoms with E-state index in [4.69, 9.17) is 16.2 Å². The standard InChI is InChI=1S/C16H17FN2O2/c1-9(2)10-3-5-11(6-4-10)21-15-7-12(16(19)20)14(18)8-13(15)17/h3-9H,18H2,1-2H3,(H2,19,20). The number of benzene rings is 2. The Morgan fingerprint density at radius 2 is 1.81 bits per heavy atom. The molecule has 0 radical (unpaired) electrons. The lowest BCUT2D eigenvalue weighted by Gasteiger charge is -2.11. The number of nitrogens with two attached hydrogens (primary N) is 2. The second-order valence-electron chi connectivity index (χ2n) is 5.06. The second-order valence-corrected chi connectivity index (χ2v) is 5.06. The first-order chi connectivity index (χ1) is 9.88. The van der Waals surface area contributed by atoms with Crippen molar-refractivity contribution < 1.29 is 13.9 Å². The van der Waals surface area contributed by atoms with Crippen molar-refractivity contribution in [3.8, 4) is 11.5 Å². The van der Waals surface area contributed by atoms with E-state index in [2.05, 4.69) is 13.8 Å². The third-order valence-electron chi connectivity index (χ3n) is 3.14. The van der Waals surface area contributed by atoms with E-state index in [1.807, 2.05) is 12.1 Å². The van der Waals surface area contributed by atoms with Gasteiger partial charge in [-0.05, 0) is 29.7 Å². The van der Waals surface area contributed by atoms with Gasteiger partial charge in [0.05, 0.1) is 5.56 Å². The van der Waals surface area contributed by atoms with Crippen molar-refractivity contribution in [3.63, 3.8) is 0 Å². The highest BCUT2D eigenvalue weighted by Gasteiger charge is 2.13. The topological polar surface area (TPSA) is 78.3 Å². The zero-order valence-corrected chi connectivity index (χ0v) is 11.9. The number of primary amides is 1. The third kappa shape index (κ3) is 3.31. The number of amides is 1. The molecule has 4 N–H and O–H groups in total. The molecule has 0 aliphatic heterocycles. The summed E-state index contributed by atoms with van der Waals surface area (Å²) < 4.78 is 19.3. The van der Waals surface area contributed by atoms with Crippen LogP contribution in [0.1, 0.15) is 35.7 Å². The predicted octanol–water partition coefficient (Wildman–Crippen LogP) is 3.42. The Labute approximate surface area is 122 Å². The largest absolute Gasteiger partial charge is 0.454 e. The van der Waals surface area contributed by atoms with Gasteiger partial charge in [-0.25, -0.2) is 4.39 Å². The fourth-order valence-electron chi connectivity index (χ4n) is 1.91. The summed E-state index contributed by atoms with van der Waals surface area (Å²) in [6.07, 6.45) is 0. The summed E-state index contributed by atoms with van der Waals surface area (Å²) in [6, 6.07) is 9.54. The number of nitrogen functional groups attached to an aromatic ring is 1. The van der Waals surface area contributed by atoms with Crippen LogP contribution in [0.5, 0.6) is 11.5 Å². The minimum atomic E-state index is -0.729. The molecule has 0 unspecified atom stereocenters. The van der Waals surface area contributed by atoms with Gasteiger partial charge in [-0.2, -0.15) is 0 Å². The monoisotopic (exact) mass is 288 g/mol. The molecule has 0 atom stereocenters. The summed E-state index contributed by atoms with van der Waals surface area (Å²) >= 11 is 0. The second kappa shape index (κ2) is 5.83. The maximum absolute atomic E-state index is 13.8. The van der Waals surface area contributed by atoms with Crippen molar-refractivity contribution >= 4 is 11.6 Å². The van der Waals surface area contributed by atoms with Crippen molar-refractivity contribution in [1.82, 2.24) is 0 Å². The Kier molecular flexibility index (Phi) is 4.12. The average molecular weight is 288 g/mol. The number of hydrogen-bond acceptors (Lipinski definition) is 3. The van der Waals surface area contributed by atoms with Gasteiger partial charge in [0.2, 0.25) is 0 Å². The normalized spacial score (nSPS) is 10.7. The van der Waals surface area contributed by atoms with Gasteiger partial charge in [-0.15, -0.1) is 0 Å². The summed E-state index contributed by atoms with van der Waals surface area (Å²) in [5.41, 5.74) is 11.9. The van der Waals surface area contributed by atoms with E-state index < -0.39 is 11.7 Å². The van der Waals surface area contributed by atoms with Gasteiger partial charge in [0.1, 0.15) is 5.75 Å². The average Bonchev–Trinajstić information content (AvgIpc) is 2.42. The highest BCUT2D eigenvalue weighted by atomic mass is 19.1. The van der Waals surface area contributed by atoms with Crippen LogP contribution in [0.3, 0.4) is 0 Å². The van der Waals surface area contributed by atoms with Crippen LogP contribution in [-0.4, -0.2) is 5.91 Å². The molecule has 0 saturated heterocycles. The summed E-state index contributed by atoms with van der Waals surface area (Å²) in [5, 5.41) is 0. The molecule has 0 aliphatic rings. The Bertz CT molecular complexity index is 667. The minimum absolute atomic E-state index is 0.0116. The Hall–Kier alpha value is -2.56. The van der Waals surface area contributed by atoms with Crippen molar-refractivity contribution in [2.24, 2.45) is 5.73 Å². The number of rotatable bonds is 4. The van der Waals surface area contributed by atoms with E-state index in [9.17, 15) is 9.18 Å². The summed E-state index contributed by atoms with van der Waals surface area (Å²) in [7, 11) is 0. The molecular formula is C16H17FN2O2. The molecule has 0 heterocycles. The zero-order valence-electron chi connectivity index (χ0n) is 11.9. The fourth-order valence-corrected chi connectivity index (χ4v) is 1.91. The first kappa shape index (κ1) is 14.8. The molecule has 2 aromatic carbocycles. The summed E-state index contributed by atoms with van der Waals surface area (Å²) in [6.45, 7) is 4.16. The molecular weight excluding hydrogens is 271 g/mol.